The van der Waals surface area contributed by atoms with Crippen LogP contribution in [0.15, 0.2) is 30.3 Å². The van der Waals surface area contributed by atoms with E-state index in [9.17, 15) is 9.59 Å². The summed E-state index contributed by atoms with van der Waals surface area (Å²) < 4.78 is 5.08. The molecule has 0 aliphatic heterocycles. The molecule has 0 aliphatic rings. The zero-order chi connectivity index (χ0) is 18.6. The van der Waals surface area contributed by atoms with Crippen LogP contribution in [0.3, 0.4) is 0 Å². The zero-order valence-electron chi connectivity index (χ0n) is 15.2. The van der Waals surface area contributed by atoms with E-state index in [0.717, 1.165) is 5.56 Å². The Kier molecular flexibility index (Phi) is 5.51. The van der Waals surface area contributed by atoms with Gasteiger partial charge in [-0.05, 0) is 34.6 Å². The Morgan fingerprint density at radius 3 is 2.32 bits per heavy atom. The lowest BCUT2D eigenvalue weighted by atomic mass is 10.1. The molecule has 1 aromatic heterocycles. The van der Waals surface area contributed by atoms with Crippen LogP contribution in [0.1, 0.15) is 54.2 Å². The summed E-state index contributed by atoms with van der Waals surface area (Å²) in [6.45, 7) is 9.18. The number of amides is 1. The fraction of sp³-hybridized carbons (Fsp3) is 0.368. The molecule has 6 nitrogen and oxygen atoms in total. The average molecular weight is 341 g/mol. The first kappa shape index (κ1) is 18.6. The van der Waals surface area contributed by atoms with Crippen LogP contribution < -0.4 is 5.32 Å². The van der Waals surface area contributed by atoms with E-state index in [1.165, 1.54) is 0 Å². The third-order valence-corrected chi connectivity index (χ3v) is 3.31. The first-order valence-corrected chi connectivity index (χ1v) is 8.16. The van der Waals surface area contributed by atoms with Crippen molar-refractivity contribution in [3.05, 3.63) is 47.3 Å². The van der Waals surface area contributed by atoms with Gasteiger partial charge in [-0.2, -0.15) is 0 Å². The van der Waals surface area contributed by atoms with E-state index in [-0.39, 0.29) is 17.9 Å². The van der Waals surface area contributed by atoms with Gasteiger partial charge >= 0.3 is 5.97 Å². The third-order valence-electron chi connectivity index (χ3n) is 3.31. The minimum Gasteiger partial charge on any atom is -0.462 e. The molecule has 132 valence electrons. The quantitative estimate of drug-likeness (QED) is 0.864. The number of benzene rings is 1. The Bertz CT molecular complexity index is 780. The normalized spacial score (nSPS) is 11.1. The summed E-state index contributed by atoms with van der Waals surface area (Å²) in [5.41, 5.74) is 0.842. The monoisotopic (exact) mass is 341 g/mol. The highest BCUT2D eigenvalue weighted by atomic mass is 16.5. The molecule has 0 bridgehead atoms. The summed E-state index contributed by atoms with van der Waals surface area (Å²) >= 11 is 0. The smallest absolute Gasteiger partial charge is 0.342 e. The Morgan fingerprint density at radius 2 is 1.76 bits per heavy atom. The van der Waals surface area contributed by atoms with Crippen molar-refractivity contribution in [1.82, 2.24) is 15.3 Å². The Balaban J connectivity index is 2.60. The van der Waals surface area contributed by atoms with E-state index < -0.39 is 17.4 Å². The molecule has 6 heteroatoms. The number of esters is 1. The molecule has 1 aromatic carbocycles. The van der Waals surface area contributed by atoms with Crippen LogP contribution in [0.2, 0.25) is 0 Å². The lowest BCUT2D eigenvalue weighted by Crippen LogP contribution is -2.41. The largest absolute Gasteiger partial charge is 0.462 e. The number of rotatable bonds is 4. The van der Waals surface area contributed by atoms with E-state index in [1.54, 1.807) is 13.8 Å². The number of hydrogen-bond acceptors (Lipinski definition) is 5. The van der Waals surface area contributed by atoms with Crippen molar-refractivity contribution >= 4 is 11.9 Å². The molecule has 0 unspecified atom stereocenters. The zero-order valence-corrected chi connectivity index (χ0v) is 15.2. The molecule has 0 saturated heterocycles. The number of carbonyl (C=O) groups is 2. The lowest BCUT2D eigenvalue weighted by Gasteiger charge is -2.21. The highest BCUT2D eigenvalue weighted by Gasteiger charge is 2.27. The van der Waals surface area contributed by atoms with Crippen LogP contribution in [-0.4, -0.2) is 34.0 Å². The van der Waals surface area contributed by atoms with E-state index in [2.05, 4.69) is 15.3 Å². The third kappa shape index (κ3) is 4.62. The molecule has 0 atom stereocenters. The molecule has 2 aromatic rings. The van der Waals surface area contributed by atoms with E-state index >= 15 is 0 Å². The summed E-state index contributed by atoms with van der Waals surface area (Å²) in [5, 5.41) is 2.84. The molecule has 1 heterocycles. The predicted molar refractivity (Wildman–Crippen MR) is 95.4 cm³/mol. The second-order valence-corrected chi connectivity index (χ2v) is 6.65. The minimum absolute atomic E-state index is 0.0275. The van der Waals surface area contributed by atoms with Gasteiger partial charge in [-0.3, -0.25) is 4.79 Å². The summed E-state index contributed by atoms with van der Waals surface area (Å²) in [6, 6.07) is 9.31. The highest BCUT2D eigenvalue weighted by Crippen LogP contribution is 2.20. The number of nitrogens with one attached hydrogen (secondary N) is 1. The van der Waals surface area contributed by atoms with Crippen LogP contribution >= 0.6 is 0 Å². The predicted octanol–water partition coefficient (Wildman–Crippen LogP) is 3.16. The van der Waals surface area contributed by atoms with Crippen molar-refractivity contribution in [2.24, 2.45) is 0 Å². The van der Waals surface area contributed by atoms with Crippen LogP contribution in [0, 0.1) is 6.92 Å². The Morgan fingerprint density at radius 1 is 1.12 bits per heavy atom. The fourth-order valence-corrected chi connectivity index (χ4v) is 2.30. The lowest BCUT2D eigenvalue weighted by molar-refractivity contribution is 0.0519. The van der Waals surface area contributed by atoms with Gasteiger partial charge in [0.1, 0.15) is 11.3 Å². The van der Waals surface area contributed by atoms with Gasteiger partial charge in [0.25, 0.3) is 5.91 Å². The second kappa shape index (κ2) is 7.42. The van der Waals surface area contributed by atoms with Gasteiger partial charge < -0.3 is 10.1 Å². The fourth-order valence-electron chi connectivity index (χ4n) is 2.30. The number of hydrogen-bond donors (Lipinski definition) is 1. The average Bonchev–Trinajstić information content (AvgIpc) is 2.53. The Labute approximate surface area is 147 Å². The van der Waals surface area contributed by atoms with E-state index in [4.69, 9.17) is 4.74 Å². The van der Waals surface area contributed by atoms with Gasteiger partial charge in [0.05, 0.1) is 12.3 Å². The maximum atomic E-state index is 12.7. The van der Waals surface area contributed by atoms with E-state index in [1.807, 2.05) is 51.1 Å². The Hall–Kier alpha value is -2.76. The standard InChI is InChI=1S/C19H23N3O3/c1-6-25-18(24)14-12(2)20-16(13-10-8-7-9-11-13)21-15(14)17(23)22-19(3,4)5/h7-11H,6H2,1-5H3,(H,22,23). The maximum Gasteiger partial charge on any atom is 0.342 e. The summed E-state index contributed by atoms with van der Waals surface area (Å²) in [7, 11) is 0. The van der Waals surface area contributed by atoms with Crippen LogP contribution in [0.4, 0.5) is 0 Å². The summed E-state index contributed by atoms with van der Waals surface area (Å²) in [6.07, 6.45) is 0. The van der Waals surface area contributed by atoms with Gasteiger partial charge in [0.15, 0.2) is 5.82 Å². The first-order chi connectivity index (χ1) is 11.7. The molecular weight excluding hydrogens is 318 g/mol. The van der Waals surface area contributed by atoms with Crippen molar-refractivity contribution < 1.29 is 14.3 Å². The van der Waals surface area contributed by atoms with Crippen molar-refractivity contribution in [3.8, 4) is 11.4 Å². The topological polar surface area (TPSA) is 81.2 Å². The molecule has 2 rings (SSSR count). The van der Waals surface area contributed by atoms with Gasteiger partial charge in [0.2, 0.25) is 0 Å². The SMILES string of the molecule is CCOC(=O)c1c(C)nc(-c2ccccc2)nc1C(=O)NC(C)(C)C. The number of carbonyl (C=O) groups excluding carboxylic acids is 2. The number of aromatic nitrogens is 2. The minimum atomic E-state index is -0.598. The maximum absolute atomic E-state index is 12.7. The van der Waals surface area contributed by atoms with Crippen LogP contribution in [-0.2, 0) is 4.74 Å². The molecule has 0 fully saturated rings. The van der Waals surface area contributed by atoms with Crippen molar-refractivity contribution in [3.63, 3.8) is 0 Å². The molecular formula is C19H23N3O3. The van der Waals surface area contributed by atoms with Gasteiger partial charge in [0, 0.05) is 11.1 Å². The van der Waals surface area contributed by atoms with Crippen LogP contribution in [0.5, 0.6) is 0 Å². The molecule has 25 heavy (non-hydrogen) atoms. The second-order valence-electron chi connectivity index (χ2n) is 6.65. The van der Waals surface area contributed by atoms with Crippen LogP contribution in [0.25, 0.3) is 11.4 Å². The number of ether oxygens (including phenoxy) is 1. The molecule has 0 spiro atoms. The van der Waals surface area contributed by atoms with Gasteiger partial charge in [-0.15, -0.1) is 0 Å². The molecule has 0 aliphatic carbocycles. The van der Waals surface area contributed by atoms with Crippen molar-refractivity contribution in [2.45, 2.75) is 40.2 Å². The number of nitrogens with zero attached hydrogens (tertiary/aromatic N) is 2. The molecule has 1 amide bonds. The van der Waals surface area contributed by atoms with E-state index in [0.29, 0.717) is 11.5 Å². The molecule has 1 N–H and O–H groups in total. The summed E-state index contributed by atoms with van der Waals surface area (Å²) in [5.74, 6) is -0.637. The van der Waals surface area contributed by atoms with Gasteiger partial charge in [-0.1, -0.05) is 30.3 Å². The molecule has 0 radical (unpaired) electrons. The van der Waals surface area contributed by atoms with Crippen molar-refractivity contribution in [1.29, 1.82) is 0 Å². The van der Waals surface area contributed by atoms with Crippen molar-refractivity contribution in [2.75, 3.05) is 6.61 Å². The summed E-state index contributed by atoms with van der Waals surface area (Å²) in [4.78, 5) is 33.8. The molecule has 0 saturated carbocycles. The number of aryl methyl sites for hydroxylation is 1. The van der Waals surface area contributed by atoms with Gasteiger partial charge in [-0.25, -0.2) is 14.8 Å². The first-order valence-electron chi connectivity index (χ1n) is 8.16. The highest BCUT2D eigenvalue weighted by molar-refractivity contribution is 6.05.